The number of carbonyl (C=O) groups is 1. The van der Waals surface area contributed by atoms with Gasteiger partial charge in [0.25, 0.3) is 0 Å². The number of hydrogen-bond acceptors (Lipinski definition) is 2. The number of amides is 1. The van der Waals surface area contributed by atoms with Crippen molar-refractivity contribution >= 4 is 5.91 Å². The molecule has 1 amide bonds. The highest BCUT2D eigenvalue weighted by atomic mass is 16.2. The Labute approximate surface area is 104 Å². The molecule has 0 fully saturated rings. The molecule has 0 aliphatic rings. The SMILES string of the molecule is CC(C)C(NC(=O)C(C)(C)C)c1cccnc1. The van der Waals surface area contributed by atoms with E-state index in [9.17, 15) is 4.79 Å². The van der Waals surface area contributed by atoms with Crippen molar-refractivity contribution in [2.75, 3.05) is 0 Å². The third-order valence-electron chi connectivity index (χ3n) is 2.68. The summed E-state index contributed by atoms with van der Waals surface area (Å²) in [5.74, 6) is 0.408. The van der Waals surface area contributed by atoms with Gasteiger partial charge in [-0.3, -0.25) is 9.78 Å². The van der Waals surface area contributed by atoms with Crippen LogP contribution in [0.5, 0.6) is 0 Å². The molecule has 1 atom stereocenters. The van der Waals surface area contributed by atoms with Crippen LogP contribution in [0.3, 0.4) is 0 Å². The molecule has 0 saturated heterocycles. The topological polar surface area (TPSA) is 42.0 Å². The summed E-state index contributed by atoms with van der Waals surface area (Å²) in [6, 6.07) is 3.92. The quantitative estimate of drug-likeness (QED) is 0.873. The Hall–Kier alpha value is -1.38. The number of nitrogens with one attached hydrogen (secondary N) is 1. The van der Waals surface area contributed by atoms with E-state index in [2.05, 4.69) is 24.1 Å². The minimum absolute atomic E-state index is 0.0235. The number of nitrogens with zero attached hydrogens (tertiary/aromatic N) is 1. The molecule has 1 rings (SSSR count). The average Bonchev–Trinajstić information content (AvgIpc) is 2.25. The van der Waals surface area contributed by atoms with Crippen LogP contribution in [0.15, 0.2) is 24.5 Å². The Bertz CT molecular complexity index is 366. The summed E-state index contributed by atoms with van der Waals surface area (Å²) >= 11 is 0. The first-order valence-corrected chi connectivity index (χ1v) is 6.03. The van der Waals surface area contributed by atoms with Crippen LogP contribution in [0.25, 0.3) is 0 Å². The zero-order valence-corrected chi connectivity index (χ0v) is 11.3. The van der Waals surface area contributed by atoms with Gasteiger partial charge >= 0.3 is 0 Å². The molecule has 0 aliphatic carbocycles. The molecule has 1 heterocycles. The molecule has 0 spiro atoms. The van der Waals surface area contributed by atoms with E-state index in [0.717, 1.165) is 5.56 Å². The molecule has 3 nitrogen and oxygen atoms in total. The van der Waals surface area contributed by atoms with E-state index >= 15 is 0 Å². The van der Waals surface area contributed by atoms with Crippen LogP contribution in [0.2, 0.25) is 0 Å². The lowest BCUT2D eigenvalue weighted by Crippen LogP contribution is -2.39. The molecular formula is C14H22N2O. The van der Waals surface area contributed by atoms with Gasteiger partial charge in [-0.25, -0.2) is 0 Å². The number of hydrogen-bond donors (Lipinski definition) is 1. The molecule has 94 valence electrons. The lowest BCUT2D eigenvalue weighted by molar-refractivity contribution is -0.129. The van der Waals surface area contributed by atoms with Crippen molar-refractivity contribution in [3.05, 3.63) is 30.1 Å². The Balaban J connectivity index is 2.86. The van der Waals surface area contributed by atoms with Crippen molar-refractivity contribution < 1.29 is 4.79 Å². The van der Waals surface area contributed by atoms with E-state index in [4.69, 9.17) is 0 Å². The Morgan fingerprint density at radius 2 is 2.00 bits per heavy atom. The second-order valence-electron chi connectivity index (χ2n) is 5.73. The van der Waals surface area contributed by atoms with Gasteiger partial charge in [0.1, 0.15) is 0 Å². The van der Waals surface area contributed by atoms with Crippen LogP contribution >= 0.6 is 0 Å². The summed E-state index contributed by atoms with van der Waals surface area (Å²) < 4.78 is 0. The largest absolute Gasteiger partial charge is 0.349 e. The zero-order valence-electron chi connectivity index (χ0n) is 11.3. The first kappa shape index (κ1) is 13.7. The fourth-order valence-electron chi connectivity index (χ4n) is 1.55. The van der Waals surface area contributed by atoms with Crippen LogP contribution in [0, 0.1) is 11.3 Å². The number of carbonyl (C=O) groups excluding carboxylic acids is 1. The normalized spacial score (nSPS) is 13.5. The maximum absolute atomic E-state index is 12.0. The van der Waals surface area contributed by atoms with Crippen molar-refractivity contribution in [1.29, 1.82) is 0 Å². The van der Waals surface area contributed by atoms with Gasteiger partial charge < -0.3 is 5.32 Å². The van der Waals surface area contributed by atoms with E-state index < -0.39 is 0 Å². The minimum atomic E-state index is -0.366. The van der Waals surface area contributed by atoms with Gasteiger partial charge in [-0.1, -0.05) is 40.7 Å². The van der Waals surface area contributed by atoms with Crippen molar-refractivity contribution in [1.82, 2.24) is 10.3 Å². The van der Waals surface area contributed by atoms with Crippen molar-refractivity contribution in [3.8, 4) is 0 Å². The predicted octanol–water partition coefficient (Wildman–Crippen LogP) is 2.94. The fraction of sp³-hybridized carbons (Fsp3) is 0.571. The maximum atomic E-state index is 12.0. The highest BCUT2D eigenvalue weighted by Crippen LogP contribution is 2.23. The van der Waals surface area contributed by atoms with E-state index in [1.165, 1.54) is 0 Å². The minimum Gasteiger partial charge on any atom is -0.349 e. The molecule has 1 aromatic rings. The number of aromatic nitrogens is 1. The number of pyridine rings is 1. The van der Waals surface area contributed by atoms with Crippen LogP contribution in [0.1, 0.15) is 46.2 Å². The maximum Gasteiger partial charge on any atom is 0.225 e. The summed E-state index contributed by atoms with van der Waals surface area (Å²) in [6.45, 7) is 9.95. The first-order chi connectivity index (χ1) is 7.82. The van der Waals surface area contributed by atoms with Gasteiger partial charge in [0, 0.05) is 17.8 Å². The zero-order chi connectivity index (χ0) is 13.1. The molecule has 17 heavy (non-hydrogen) atoms. The lowest BCUT2D eigenvalue weighted by atomic mass is 9.92. The molecule has 1 unspecified atom stereocenters. The van der Waals surface area contributed by atoms with Crippen LogP contribution in [0.4, 0.5) is 0 Å². The molecule has 0 aromatic carbocycles. The second kappa shape index (κ2) is 5.30. The summed E-state index contributed by atoms with van der Waals surface area (Å²) in [4.78, 5) is 16.1. The van der Waals surface area contributed by atoms with E-state index in [1.54, 1.807) is 6.20 Å². The van der Waals surface area contributed by atoms with Gasteiger partial charge in [0.15, 0.2) is 0 Å². The molecule has 3 heteroatoms. The van der Waals surface area contributed by atoms with E-state index in [-0.39, 0.29) is 17.4 Å². The summed E-state index contributed by atoms with van der Waals surface area (Å²) in [7, 11) is 0. The Morgan fingerprint density at radius 3 is 2.41 bits per heavy atom. The van der Waals surface area contributed by atoms with E-state index in [1.807, 2.05) is 39.1 Å². The molecule has 1 aromatic heterocycles. The molecular weight excluding hydrogens is 212 g/mol. The third-order valence-corrected chi connectivity index (χ3v) is 2.68. The standard InChI is InChI=1S/C14H22N2O/c1-10(2)12(11-7-6-8-15-9-11)16-13(17)14(3,4)5/h6-10,12H,1-5H3,(H,16,17). The predicted molar refractivity (Wildman–Crippen MR) is 69.4 cm³/mol. The number of rotatable bonds is 3. The lowest BCUT2D eigenvalue weighted by Gasteiger charge is -2.27. The summed E-state index contributed by atoms with van der Waals surface area (Å²) in [5.41, 5.74) is 0.690. The van der Waals surface area contributed by atoms with Gasteiger partial charge in [-0.05, 0) is 17.5 Å². The molecule has 0 bridgehead atoms. The highest BCUT2D eigenvalue weighted by molar-refractivity contribution is 5.81. The van der Waals surface area contributed by atoms with Gasteiger partial charge in [0.2, 0.25) is 5.91 Å². The van der Waals surface area contributed by atoms with Gasteiger partial charge in [0.05, 0.1) is 6.04 Å². The summed E-state index contributed by atoms with van der Waals surface area (Å²) in [5, 5.41) is 3.09. The van der Waals surface area contributed by atoms with Crippen molar-refractivity contribution in [3.63, 3.8) is 0 Å². The summed E-state index contributed by atoms with van der Waals surface area (Å²) in [6.07, 6.45) is 3.56. The molecule has 0 saturated carbocycles. The van der Waals surface area contributed by atoms with E-state index in [0.29, 0.717) is 5.92 Å². The average molecular weight is 234 g/mol. The molecule has 0 aliphatic heterocycles. The second-order valence-corrected chi connectivity index (χ2v) is 5.73. The van der Waals surface area contributed by atoms with Gasteiger partial charge in [-0.15, -0.1) is 0 Å². The highest BCUT2D eigenvalue weighted by Gasteiger charge is 2.26. The van der Waals surface area contributed by atoms with Crippen LogP contribution < -0.4 is 5.32 Å². The monoisotopic (exact) mass is 234 g/mol. The Morgan fingerprint density at radius 1 is 1.35 bits per heavy atom. The van der Waals surface area contributed by atoms with Crippen LogP contribution in [-0.2, 0) is 4.79 Å². The molecule has 0 radical (unpaired) electrons. The third kappa shape index (κ3) is 3.84. The molecule has 1 N–H and O–H groups in total. The van der Waals surface area contributed by atoms with Crippen molar-refractivity contribution in [2.24, 2.45) is 11.3 Å². The first-order valence-electron chi connectivity index (χ1n) is 6.03. The van der Waals surface area contributed by atoms with Crippen molar-refractivity contribution in [2.45, 2.75) is 40.7 Å². The Kier molecular flexibility index (Phi) is 4.27. The fourth-order valence-corrected chi connectivity index (χ4v) is 1.55. The van der Waals surface area contributed by atoms with Gasteiger partial charge in [-0.2, -0.15) is 0 Å². The van der Waals surface area contributed by atoms with Crippen LogP contribution in [-0.4, -0.2) is 10.9 Å². The smallest absolute Gasteiger partial charge is 0.225 e.